The first-order chi connectivity index (χ1) is 20.5. The predicted molar refractivity (Wildman–Crippen MR) is 174 cm³/mol. The molecule has 0 aromatic heterocycles. The van der Waals surface area contributed by atoms with E-state index in [0.29, 0.717) is 32.5 Å². The number of nitrogens with zero attached hydrogens (tertiary/aromatic N) is 3. The monoisotopic (exact) mass is 609 g/mol. The SMILES string of the molecule is C=CCN(Cc1ccccc1)C(=O)[C@H]1[C@H]2C(=O)N([C@@H](CO)CC(C)C)C(C(=O)N(CC=C)C(C)CCC)C23CC[C@]1(C)S3. The smallest absolute Gasteiger partial charge is 0.247 e. The quantitative estimate of drug-likeness (QED) is 0.273. The topological polar surface area (TPSA) is 81.2 Å². The van der Waals surface area contributed by atoms with Crippen LogP contribution in [0.3, 0.4) is 0 Å². The van der Waals surface area contributed by atoms with Gasteiger partial charge in [0.1, 0.15) is 6.04 Å². The number of thioether (sulfide) groups is 1. The van der Waals surface area contributed by atoms with E-state index in [2.05, 4.69) is 47.8 Å². The Morgan fingerprint density at radius 2 is 1.79 bits per heavy atom. The lowest BCUT2D eigenvalue weighted by Crippen LogP contribution is -2.59. The van der Waals surface area contributed by atoms with Crippen molar-refractivity contribution >= 4 is 29.5 Å². The lowest BCUT2D eigenvalue weighted by molar-refractivity contribution is -0.148. The summed E-state index contributed by atoms with van der Waals surface area (Å²) in [5, 5.41) is 10.6. The van der Waals surface area contributed by atoms with Gasteiger partial charge in [0.25, 0.3) is 0 Å². The van der Waals surface area contributed by atoms with E-state index < -0.39 is 33.4 Å². The summed E-state index contributed by atoms with van der Waals surface area (Å²) in [4.78, 5) is 49.5. The molecule has 0 aliphatic carbocycles. The summed E-state index contributed by atoms with van der Waals surface area (Å²) in [6.45, 7) is 19.2. The minimum absolute atomic E-state index is 0.0221. The zero-order valence-corrected chi connectivity index (χ0v) is 27.5. The lowest BCUT2D eigenvalue weighted by atomic mass is 9.66. The molecule has 7 atom stereocenters. The summed E-state index contributed by atoms with van der Waals surface area (Å²) >= 11 is 1.69. The number of likely N-dealkylation sites (tertiary alicyclic amines) is 1. The number of aliphatic hydroxyl groups excluding tert-OH is 1. The third-order valence-electron chi connectivity index (χ3n) is 9.79. The van der Waals surface area contributed by atoms with Gasteiger partial charge in [-0.3, -0.25) is 14.4 Å². The van der Waals surface area contributed by atoms with Crippen LogP contribution in [0.25, 0.3) is 0 Å². The number of carbonyl (C=O) groups excluding carboxylic acids is 3. The molecule has 3 saturated heterocycles. The van der Waals surface area contributed by atoms with Gasteiger partial charge in [0.05, 0.1) is 29.2 Å². The summed E-state index contributed by atoms with van der Waals surface area (Å²) in [5.41, 5.74) is 1.02. The lowest BCUT2D eigenvalue weighted by Gasteiger charge is -2.41. The Labute approximate surface area is 262 Å². The highest BCUT2D eigenvalue weighted by atomic mass is 32.2. The Kier molecular flexibility index (Phi) is 10.5. The predicted octanol–water partition coefficient (Wildman–Crippen LogP) is 5.29. The van der Waals surface area contributed by atoms with Crippen molar-refractivity contribution in [2.24, 2.45) is 17.8 Å². The van der Waals surface area contributed by atoms with Crippen LogP contribution in [-0.2, 0) is 20.9 Å². The number of hydrogen-bond acceptors (Lipinski definition) is 5. The summed E-state index contributed by atoms with van der Waals surface area (Å²) in [5.74, 6) is -1.28. The standard InChI is InChI=1S/C35H51N3O4S/c1-8-14-25(6)37(20-10-3)33(42)30-35-18-17-34(7,43-35)28(29(35)32(41)38(30)27(23-39)21-24(4)5)31(40)36(19-9-2)22-26-15-12-11-13-16-26/h9-13,15-16,24-25,27-30,39H,2-3,8,14,17-23H2,1,4-7H3/t25?,27-,28-,29+,30?,34+,35?/m1/s1. The maximum Gasteiger partial charge on any atom is 0.247 e. The summed E-state index contributed by atoms with van der Waals surface area (Å²) in [6, 6.07) is 8.62. The molecular weight excluding hydrogens is 558 g/mol. The highest BCUT2D eigenvalue weighted by Crippen LogP contribution is 2.72. The largest absolute Gasteiger partial charge is 0.394 e. The van der Waals surface area contributed by atoms with E-state index in [0.717, 1.165) is 24.8 Å². The molecule has 4 rings (SSSR count). The zero-order valence-electron chi connectivity index (χ0n) is 26.7. The Hall–Kier alpha value is -2.58. The Bertz CT molecular complexity index is 1190. The first kappa shape index (κ1) is 33.3. The highest BCUT2D eigenvalue weighted by Gasteiger charge is 2.78. The van der Waals surface area contributed by atoms with E-state index in [1.165, 1.54) is 0 Å². The molecule has 3 aliphatic rings. The fraction of sp³-hybridized carbons (Fsp3) is 0.629. The van der Waals surface area contributed by atoms with Crippen LogP contribution >= 0.6 is 11.8 Å². The molecule has 43 heavy (non-hydrogen) atoms. The van der Waals surface area contributed by atoms with E-state index in [4.69, 9.17) is 0 Å². The van der Waals surface area contributed by atoms with Gasteiger partial charge < -0.3 is 19.8 Å². The number of benzene rings is 1. The van der Waals surface area contributed by atoms with Crippen LogP contribution in [0.1, 0.15) is 72.3 Å². The van der Waals surface area contributed by atoms with Crippen LogP contribution in [0.4, 0.5) is 0 Å². The van der Waals surface area contributed by atoms with Crippen molar-refractivity contribution in [2.45, 2.75) is 101 Å². The molecule has 1 aromatic rings. The second kappa shape index (κ2) is 13.6. The maximum absolute atomic E-state index is 14.8. The molecule has 236 valence electrons. The van der Waals surface area contributed by atoms with E-state index >= 15 is 0 Å². The average Bonchev–Trinajstić information content (AvgIpc) is 3.54. The van der Waals surface area contributed by atoms with Crippen LogP contribution in [0.2, 0.25) is 0 Å². The van der Waals surface area contributed by atoms with Gasteiger partial charge in [0.2, 0.25) is 17.7 Å². The van der Waals surface area contributed by atoms with Crippen molar-refractivity contribution in [3.05, 3.63) is 61.2 Å². The van der Waals surface area contributed by atoms with Gasteiger partial charge in [-0.05, 0) is 51.0 Å². The van der Waals surface area contributed by atoms with Gasteiger partial charge in [0.15, 0.2) is 0 Å². The Morgan fingerprint density at radius 1 is 1.12 bits per heavy atom. The van der Waals surface area contributed by atoms with Crippen molar-refractivity contribution < 1.29 is 19.5 Å². The highest BCUT2D eigenvalue weighted by molar-refractivity contribution is 8.02. The van der Waals surface area contributed by atoms with Crippen LogP contribution in [0.15, 0.2) is 55.6 Å². The number of fused-ring (bicyclic) bond motifs is 1. The van der Waals surface area contributed by atoms with Gasteiger partial charge >= 0.3 is 0 Å². The average molecular weight is 610 g/mol. The summed E-state index contributed by atoms with van der Waals surface area (Å²) < 4.78 is -1.20. The first-order valence-corrected chi connectivity index (χ1v) is 16.8. The van der Waals surface area contributed by atoms with Gasteiger partial charge in [-0.2, -0.15) is 0 Å². The fourth-order valence-electron chi connectivity index (χ4n) is 7.98. The minimum Gasteiger partial charge on any atom is -0.394 e. The van der Waals surface area contributed by atoms with Gasteiger partial charge in [0, 0.05) is 30.4 Å². The Balaban J connectivity index is 1.81. The first-order valence-electron chi connectivity index (χ1n) is 16.0. The molecule has 1 spiro atoms. The number of amides is 3. The van der Waals surface area contributed by atoms with E-state index in [9.17, 15) is 19.5 Å². The van der Waals surface area contributed by atoms with Crippen LogP contribution in [0, 0.1) is 17.8 Å². The zero-order chi connectivity index (χ0) is 31.5. The molecule has 3 unspecified atom stereocenters. The molecule has 3 amide bonds. The fourth-order valence-corrected chi connectivity index (χ4v) is 10.3. The van der Waals surface area contributed by atoms with Gasteiger partial charge in [-0.1, -0.05) is 69.7 Å². The van der Waals surface area contributed by atoms with E-state index in [1.54, 1.807) is 28.8 Å². The number of carbonyl (C=O) groups is 3. The molecule has 1 aromatic carbocycles. The molecule has 1 N–H and O–H groups in total. The van der Waals surface area contributed by atoms with Crippen LogP contribution < -0.4 is 0 Å². The molecule has 7 nitrogen and oxygen atoms in total. The van der Waals surface area contributed by atoms with Crippen molar-refractivity contribution in [2.75, 3.05) is 19.7 Å². The summed E-state index contributed by atoms with van der Waals surface area (Å²) in [6.07, 6.45) is 7.28. The number of aliphatic hydroxyl groups is 1. The molecular formula is C35H51N3O4S. The molecule has 2 bridgehead atoms. The van der Waals surface area contributed by atoms with Crippen molar-refractivity contribution in [3.63, 3.8) is 0 Å². The molecule has 3 aliphatic heterocycles. The summed E-state index contributed by atoms with van der Waals surface area (Å²) in [7, 11) is 0. The third kappa shape index (κ3) is 6.06. The normalized spacial score (nSPS) is 29.0. The molecule has 3 fully saturated rings. The van der Waals surface area contributed by atoms with Crippen molar-refractivity contribution in [3.8, 4) is 0 Å². The second-order valence-corrected chi connectivity index (χ2v) is 15.2. The van der Waals surface area contributed by atoms with Gasteiger partial charge in [-0.15, -0.1) is 24.9 Å². The third-order valence-corrected chi connectivity index (χ3v) is 11.8. The molecule has 3 heterocycles. The van der Waals surface area contributed by atoms with Crippen LogP contribution in [-0.4, -0.2) is 84.8 Å². The Morgan fingerprint density at radius 3 is 2.37 bits per heavy atom. The van der Waals surface area contributed by atoms with E-state index in [-0.39, 0.29) is 36.3 Å². The maximum atomic E-state index is 14.8. The molecule has 8 heteroatoms. The minimum atomic E-state index is -0.744. The van der Waals surface area contributed by atoms with Crippen LogP contribution in [0.5, 0.6) is 0 Å². The molecule has 0 radical (unpaired) electrons. The molecule has 0 saturated carbocycles. The van der Waals surface area contributed by atoms with E-state index in [1.807, 2.05) is 40.1 Å². The number of rotatable bonds is 15. The van der Waals surface area contributed by atoms with Gasteiger partial charge in [-0.25, -0.2) is 0 Å². The number of hydrogen-bond donors (Lipinski definition) is 1. The van der Waals surface area contributed by atoms with Crippen molar-refractivity contribution in [1.29, 1.82) is 0 Å². The second-order valence-electron chi connectivity index (χ2n) is 13.3. The van der Waals surface area contributed by atoms with Crippen molar-refractivity contribution in [1.82, 2.24) is 14.7 Å².